The van der Waals surface area contributed by atoms with E-state index in [-0.39, 0.29) is 0 Å². The summed E-state index contributed by atoms with van der Waals surface area (Å²) in [5, 5.41) is 3.97. The summed E-state index contributed by atoms with van der Waals surface area (Å²) in [7, 11) is 0. The zero-order valence-corrected chi connectivity index (χ0v) is 13.7. The summed E-state index contributed by atoms with van der Waals surface area (Å²) in [6.07, 6.45) is 11.5. The fourth-order valence-electron chi connectivity index (χ4n) is 4.92. The molecule has 19 heavy (non-hydrogen) atoms. The van der Waals surface area contributed by atoms with E-state index in [1.807, 2.05) is 0 Å². The first kappa shape index (κ1) is 15.4. The van der Waals surface area contributed by atoms with Gasteiger partial charge in [0.15, 0.2) is 0 Å². The van der Waals surface area contributed by atoms with Crippen LogP contribution in [0, 0.1) is 23.2 Å². The average molecular weight is 265 g/mol. The molecule has 2 fully saturated rings. The van der Waals surface area contributed by atoms with Gasteiger partial charge in [-0.1, -0.05) is 40.5 Å². The van der Waals surface area contributed by atoms with E-state index in [1.54, 1.807) is 0 Å². The van der Waals surface area contributed by atoms with E-state index in [0.29, 0.717) is 5.41 Å². The quantitative estimate of drug-likeness (QED) is 0.737. The van der Waals surface area contributed by atoms with Gasteiger partial charge in [-0.3, -0.25) is 0 Å². The third-order valence-corrected chi connectivity index (χ3v) is 5.45. The minimum atomic E-state index is 0.637. The second-order valence-electron chi connectivity index (χ2n) is 8.30. The van der Waals surface area contributed by atoms with Gasteiger partial charge in [-0.15, -0.1) is 0 Å². The number of hydrogen-bond donors (Lipinski definition) is 1. The molecule has 0 aromatic rings. The lowest BCUT2D eigenvalue weighted by Crippen LogP contribution is -2.42. The molecule has 0 amide bonds. The summed E-state index contributed by atoms with van der Waals surface area (Å²) in [5.41, 5.74) is 0.637. The molecule has 2 atom stereocenters. The topological polar surface area (TPSA) is 12.0 Å². The first-order chi connectivity index (χ1) is 8.99. The molecule has 0 aromatic carbocycles. The van der Waals surface area contributed by atoms with Crippen LogP contribution in [0.4, 0.5) is 0 Å². The highest BCUT2D eigenvalue weighted by molar-refractivity contribution is 4.90. The van der Waals surface area contributed by atoms with Crippen LogP contribution < -0.4 is 5.32 Å². The number of hydrogen-bond acceptors (Lipinski definition) is 1. The summed E-state index contributed by atoms with van der Waals surface area (Å²) < 4.78 is 0. The third kappa shape index (κ3) is 4.48. The molecule has 1 heteroatoms. The van der Waals surface area contributed by atoms with Crippen molar-refractivity contribution in [2.75, 3.05) is 6.54 Å². The van der Waals surface area contributed by atoms with Crippen LogP contribution >= 0.6 is 0 Å². The Morgan fingerprint density at radius 3 is 2.11 bits per heavy atom. The van der Waals surface area contributed by atoms with Gasteiger partial charge >= 0.3 is 0 Å². The summed E-state index contributed by atoms with van der Waals surface area (Å²) >= 11 is 0. The van der Waals surface area contributed by atoms with Crippen molar-refractivity contribution in [2.24, 2.45) is 23.2 Å². The molecule has 1 N–H and O–H groups in total. The SMILES string of the molecule is CC(C)CC1(CNC2CC(C)CC(C)C2)CCCC1. The van der Waals surface area contributed by atoms with Crippen molar-refractivity contribution in [1.29, 1.82) is 0 Å². The summed E-state index contributed by atoms with van der Waals surface area (Å²) in [4.78, 5) is 0. The maximum Gasteiger partial charge on any atom is 0.00723 e. The van der Waals surface area contributed by atoms with Gasteiger partial charge in [0.1, 0.15) is 0 Å². The van der Waals surface area contributed by atoms with E-state index in [9.17, 15) is 0 Å². The summed E-state index contributed by atoms with van der Waals surface area (Å²) in [6.45, 7) is 10.9. The Morgan fingerprint density at radius 1 is 1.00 bits per heavy atom. The normalized spacial score (nSPS) is 34.9. The third-order valence-electron chi connectivity index (χ3n) is 5.45. The second kappa shape index (κ2) is 6.61. The molecule has 0 radical (unpaired) electrons. The Labute approximate surface area is 120 Å². The molecule has 2 aliphatic carbocycles. The first-order valence-electron chi connectivity index (χ1n) is 8.72. The fourth-order valence-corrected chi connectivity index (χ4v) is 4.92. The Kier molecular flexibility index (Phi) is 5.34. The number of nitrogens with one attached hydrogen (secondary N) is 1. The summed E-state index contributed by atoms with van der Waals surface area (Å²) in [5.74, 6) is 2.70. The van der Waals surface area contributed by atoms with E-state index < -0.39 is 0 Å². The molecule has 0 heterocycles. The highest BCUT2D eigenvalue weighted by Gasteiger charge is 2.35. The monoisotopic (exact) mass is 265 g/mol. The van der Waals surface area contributed by atoms with Gasteiger partial charge in [-0.2, -0.15) is 0 Å². The van der Waals surface area contributed by atoms with Gasteiger partial charge < -0.3 is 5.32 Å². The fraction of sp³-hybridized carbons (Fsp3) is 1.00. The van der Waals surface area contributed by atoms with E-state index in [0.717, 1.165) is 23.8 Å². The van der Waals surface area contributed by atoms with Crippen molar-refractivity contribution < 1.29 is 0 Å². The summed E-state index contributed by atoms with van der Waals surface area (Å²) in [6, 6.07) is 0.795. The molecule has 0 bridgehead atoms. The van der Waals surface area contributed by atoms with Crippen molar-refractivity contribution >= 4 is 0 Å². The van der Waals surface area contributed by atoms with Crippen LogP contribution in [0.3, 0.4) is 0 Å². The predicted octanol–water partition coefficient (Wildman–Crippen LogP) is 5.01. The largest absolute Gasteiger partial charge is 0.313 e. The first-order valence-corrected chi connectivity index (χ1v) is 8.72. The zero-order chi connectivity index (χ0) is 13.9. The van der Waals surface area contributed by atoms with E-state index >= 15 is 0 Å². The van der Waals surface area contributed by atoms with Crippen molar-refractivity contribution in [1.82, 2.24) is 5.32 Å². The highest BCUT2D eigenvalue weighted by Crippen LogP contribution is 2.43. The van der Waals surface area contributed by atoms with Gasteiger partial charge in [0, 0.05) is 12.6 Å². The molecule has 2 saturated carbocycles. The van der Waals surface area contributed by atoms with Gasteiger partial charge in [0.25, 0.3) is 0 Å². The molecule has 0 spiro atoms. The second-order valence-corrected chi connectivity index (χ2v) is 8.30. The van der Waals surface area contributed by atoms with Crippen molar-refractivity contribution in [3.8, 4) is 0 Å². The minimum absolute atomic E-state index is 0.637. The smallest absolute Gasteiger partial charge is 0.00723 e. The van der Waals surface area contributed by atoms with Crippen LogP contribution in [0.2, 0.25) is 0 Å². The minimum Gasteiger partial charge on any atom is -0.313 e. The molecule has 0 aliphatic heterocycles. The molecule has 112 valence electrons. The molecular formula is C18H35N. The molecular weight excluding hydrogens is 230 g/mol. The molecule has 2 rings (SSSR count). The Morgan fingerprint density at radius 2 is 1.58 bits per heavy atom. The van der Waals surface area contributed by atoms with E-state index in [4.69, 9.17) is 0 Å². The standard InChI is InChI=1S/C18H35N/c1-14(2)12-18(7-5-6-8-18)13-19-17-10-15(3)9-16(4)11-17/h14-17,19H,5-13H2,1-4H3. The van der Waals surface area contributed by atoms with Crippen LogP contribution in [-0.2, 0) is 0 Å². The molecule has 1 nitrogen and oxygen atoms in total. The maximum absolute atomic E-state index is 3.97. The molecule has 0 aromatic heterocycles. The lowest BCUT2D eigenvalue weighted by atomic mass is 9.77. The Balaban J connectivity index is 1.85. The van der Waals surface area contributed by atoms with Crippen LogP contribution in [0.1, 0.15) is 79.1 Å². The van der Waals surface area contributed by atoms with Crippen molar-refractivity contribution in [3.05, 3.63) is 0 Å². The average Bonchev–Trinajstić information content (AvgIpc) is 2.73. The van der Waals surface area contributed by atoms with Crippen LogP contribution in [-0.4, -0.2) is 12.6 Å². The lowest BCUT2D eigenvalue weighted by Gasteiger charge is -2.37. The van der Waals surface area contributed by atoms with Crippen LogP contribution in [0.15, 0.2) is 0 Å². The molecule has 2 unspecified atom stereocenters. The highest BCUT2D eigenvalue weighted by atomic mass is 14.9. The van der Waals surface area contributed by atoms with Gasteiger partial charge in [0.2, 0.25) is 0 Å². The molecule has 0 saturated heterocycles. The molecule has 2 aliphatic rings. The van der Waals surface area contributed by atoms with E-state index in [2.05, 4.69) is 33.0 Å². The van der Waals surface area contributed by atoms with Crippen molar-refractivity contribution in [2.45, 2.75) is 85.1 Å². The van der Waals surface area contributed by atoms with Gasteiger partial charge in [0.05, 0.1) is 0 Å². The Hall–Kier alpha value is -0.0400. The van der Waals surface area contributed by atoms with Crippen molar-refractivity contribution in [3.63, 3.8) is 0 Å². The zero-order valence-electron chi connectivity index (χ0n) is 13.7. The van der Waals surface area contributed by atoms with Crippen LogP contribution in [0.5, 0.6) is 0 Å². The van der Waals surface area contributed by atoms with Crippen LogP contribution in [0.25, 0.3) is 0 Å². The number of rotatable bonds is 5. The predicted molar refractivity (Wildman–Crippen MR) is 84.3 cm³/mol. The van der Waals surface area contributed by atoms with E-state index in [1.165, 1.54) is 57.9 Å². The van der Waals surface area contributed by atoms with Gasteiger partial charge in [-0.25, -0.2) is 0 Å². The Bertz CT molecular complexity index is 255. The maximum atomic E-state index is 3.97. The lowest BCUT2D eigenvalue weighted by molar-refractivity contribution is 0.181. The van der Waals surface area contributed by atoms with Gasteiger partial charge in [-0.05, 0) is 61.7 Å².